The number of aromatic nitrogens is 5. The van der Waals surface area contributed by atoms with Crippen LogP contribution in [-0.2, 0) is 6.61 Å². The van der Waals surface area contributed by atoms with E-state index in [-0.39, 0.29) is 6.61 Å². The molecule has 0 amide bonds. The summed E-state index contributed by atoms with van der Waals surface area (Å²) in [6.45, 7) is 0.267. The second kappa shape index (κ2) is 6.46. The molecule has 0 atom stereocenters. The molecular weight excluding hydrogens is 414 g/mol. The van der Waals surface area contributed by atoms with Crippen molar-refractivity contribution in [1.29, 1.82) is 0 Å². The molecule has 0 saturated carbocycles. The number of hydrogen-bond acceptors (Lipinski definition) is 6. The summed E-state index contributed by atoms with van der Waals surface area (Å²) in [4.78, 5) is 4.87. The summed E-state index contributed by atoms with van der Waals surface area (Å²) < 4.78 is 8.30. The Hall–Kier alpha value is -2.03. The quantitative estimate of drug-likeness (QED) is 0.492. The van der Waals surface area contributed by atoms with Gasteiger partial charge in [-0.15, -0.1) is 10.2 Å². The number of benzene rings is 1. The van der Waals surface area contributed by atoms with E-state index in [1.807, 2.05) is 6.07 Å². The molecule has 0 aliphatic heterocycles. The van der Waals surface area contributed by atoms with Crippen molar-refractivity contribution in [3.63, 3.8) is 0 Å². The summed E-state index contributed by atoms with van der Waals surface area (Å²) >= 11 is 10.7. The number of ether oxygens (including phenoxy) is 1. The highest BCUT2D eigenvalue weighted by Gasteiger charge is 2.14. The average Bonchev–Trinajstić information content (AvgIpc) is 3.15. The molecule has 0 saturated heterocycles. The van der Waals surface area contributed by atoms with Crippen LogP contribution in [0.4, 0.5) is 0 Å². The minimum Gasteiger partial charge on any atom is -0.486 e. The van der Waals surface area contributed by atoms with Gasteiger partial charge >= 0.3 is 0 Å². The lowest BCUT2D eigenvalue weighted by atomic mass is 10.3. The molecule has 0 unspecified atom stereocenters. The summed E-state index contributed by atoms with van der Waals surface area (Å²) in [5.41, 5.74) is 0.921. The van der Waals surface area contributed by atoms with Gasteiger partial charge in [-0.3, -0.25) is 4.98 Å². The van der Waals surface area contributed by atoms with Gasteiger partial charge < -0.3 is 4.74 Å². The van der Waals surface area contributed by atoms with Gasteiger partial charge in [0.25, 0.3) is 0 Å². The molecule has 0 N–H and O–H groups in total. The predicted octanol–water partition coefficient (Wildman–Crippen LogP) is 4.24. The van der Waals surface area contributed by atoms with E-state index in [2.05, 4.69) is 36.2 Å². The van der Waals surface area contributed by atoms with E-state index in [9.17, 15) is 0 Å². The summed E-state index contributed by atoms with van der Waals surface area (Å²) in [6, 6.07) is 9.12. The van der Waals surface area contributed by atoms with Crippen LogP contribution >= 0.6 is 38.9 Å². The van der Waals surface area contributed by atoms with Gasteiger partial charge in [-0.25, -0.2) is 0 Å². The maximum absolute atomic E-state index is 5.86. The first-order valence-electron chi connectivity index (χ1n) is 6.89. The molecule has 6 nitrogen and oxygen atoms in total. The number of fused-ring (bicyclic) bond motifs is 1. The second-order valence-corrected chi connectivity index (χ2v) is 7.16. The smallest absolute Gasteiger partial charge is 0.235 e. The molecule has 3 heterocycles. The van der Waals surface area contributed by atoms with Crippen molar-refractivity contribution in [2.45, 2.75) is 6.61 Å². The van der Waals surface area contributed by atoms with Crippen LogP contribution in [0, 0.1) is 0 Å². The second-order valence-electron chi connectivity index (χ2n) is 4.85. The molecular formula is C15H9BrClN5OS. The third-order valence-electron chi connectivity index (χ3n) is 3.19. The van der Waals surface area contributed by atoms with Crippen LogP contribution in [0.15, 0.2) is 47.2 Å². The first-order valence-corrected chi connectivity index (χ1v) is 8.88. The number of hydrogen-bond donors (Lipinski definition) is 0. The van der Waals surface area contributed by atoms with Crippen molar-refractivity contribution in [1.82, 2.24) is 24.8 Å². The average molecular weight is 423 g/mol. The van der Waals surface area contributed by atoms with E-state index in [4.69, 9.17) is 16.3 Å². The van der Waals surface area contributed by atoms with Gasteiger partial charge in [0.1, 0.15) is 17.4 Å². The lowest BCUT2D eigenvalue weighted by Gasteiger charge is -2.03. The van der Waals surface area contributed by atoms with E-state index in [1.54, 1.807) is 41.2 Å². The highest BCUT2D eigenvalue weighted by Crippen LogP contribution is 2.27. The highest BCUT2D eigenvalue weighted by molar-refractivity contribution is 9.10. The summed E-state index contributed by atoms with van der Waals surface area (Å²) in [5, 5.41) is 14.3. The first-order chi connectivity index (χ1) is 11.7. The van der Waals surface area contributed by atoms with E-state index in [1.165, 1.54) is 11.3 Å². The van der Waals surface area contributed by atoms with Gasteiger partial charge in [0, 0.05) is 27.5 Å². The largest absolute Gasteiger partial charge is 0.486 e. The normalized spacial score (nSPS) is 11.1. The van der Waals surface area contributed by atoms with Gasteiger partial charge in [0.15, 0.2) is 5.82 Å². The van der Waals surface area contributed by atoms with Gasteiger partial charge in [0.2, 0.25) is 4.96 Å². The lowest BCUT2D eigenvalue weighted by Crippen LogP contribution is -2.02. The fourth-order valence-corrected chi connectivity index (χ4v) is 3.40. The molecule has 0 radical (unpaired) electrons. The lowest BCUT2D eigenvalue weighted by molar-refractivity contribution is 0.293. The van der Waals surface area contributed by atoms with Crippen LogP contribution in [0.3, 0.4) is 0 Å². The molecule has 120 valence electrons. The van der Waals surface area contributed by atoms with Crippen molar-refractivity contribution in [3.05, 3.63) is 58.0 Å². The number of nitrogens with zero attached hydrogens (tertiary/aromatic N) is 5. The molecule has 0 aliphatic rings. The zero-order valence-electron chi connectivity index (χ0n) is 12.1. The summed E-state index contributed by atoms with van der Waals surface area (Å²) in [7, 11) is 0. The van der Waals surface area contributed by atoms with Crippen molar-refractivity contribution in [2.75, 3.05) is 0 Å². The SMILES string of the molecule is Clc1ccc(OCc2nnc3sc(-c4cncc(Br)c4)nn23)cc1. The van der Waals surface area contributed by atoms with Crippen LogP contribution in [0.1, 0.15) is 5.82 Å². The van der Waals surface area contributed by atoms with E-state index < -0.39 is 0 Å². The van der Waals surface area contributed by atoms with Crippen LogP contribution in [0.5, 0.6) is 5.75 Å². The van der Waals surface area contributed by atoms with Crippen molar-refractivity contribution < 1.29 is 4.74 Å². The zero-order chi connectivity index (χ0) is 16.5. The topological polar surface area (TPSA) is 65.2 Å². The fraction of sp³-hybridized carbons (Fsp3) is 0.0667. The number of rotatable bonds is 4. The Morgan fingerprint density at radius 1 is 1.17 bits per heavy atom. The Morgan fingerprint density at radius 3 is 2.79 bits per heavy atom. The summed E-state index contributed by atoms with van der Waals surface area (Å²) in [6.07, 6.45) is 3.50. The van der Waals surface area contributed by atoms with Gasteiger partial charge in [-0.05, 0) is 46.3 Å². The standard InChI is InChI=1S/C15H9BrClN5OS/c16-10-5-9(6-18-7-10)14-21-22-13(19-20-15(22)24-14)8-23-12-3-1-11(17)2-4-12/h1-7H,8H2. The molecule has 4 rings (SSSR count). The predicted molar refractivity (Wildman–Crippen MR) is 95.4 cm³/mol. The molecule has 3 aromatic heterocycles. The number of halogens is 2. The van der Waals surface area contributed by atoms with E-state index >= 15 is 0 Å². The Balaban J connectivity index is 1.59. The van der Waals surface area contributed by atoms with E-state index in [0.29, 0.717) is 21.6 Å². The molecule has 0 bridgehead atoms. The fourth-order valence-electron chi connectivity index (χ4n) is 2.07. The van der Waals surface area contributed by atoms with E-state index in [0.717, 1.165) is 15.0 Å². The summed E-state index contributed by atoms with van der Waals surface area (Å²) in [5.74, 6) is 1.34. The molecule has 0 fully saturated rings. The molecule has 4 aromatic rings. The van der Waals surface area contributed by atoms with Crippen molar-refractivity contribution in [2.24, 2.45) is 0 Å². The first kappa shape index (κ1) is 15.5. The van der Waals surface area contributed by atoms with Crippen molar-refractivity contribution in [3.8, 4) is 16.3 Å². The minimum atomic E-state index is 0.267. The molecule has 24 heavy (non-hydrogen) atoms. The Kier molecular flexibility index (Phi) is 4.17. The maximum Gasteiger partial charge on any atom is 0.235 e. The van der Waals surface area contributed by atoms with Crippen LogP contribution in [-0.4, -0.2) is 24.8 Å². The Bertz CT molecular complexity index is 1000. The zero-order valence-corrected chi connectivity index (χ0v) is 15.2. The van der Waals surface area contributed by atoms with Gasteiger partial charge in [-0.1, -0.05) is 22.9 Å². The maximum atomic E-state index is 5.86. The van der Waals surface area contributed by atoms with Crippen LogP contribution in [0.25, 0.3) is 15.5 Å². The molecule has 0 spiro atoms. The third kappa shape index (κ3) is 3.12. The highest BCUT2D eigenvalue weighted by atomic mass is 79.9. The Labute approximate surface area is 154 Å². The third-order valence-corrected chi connectivity index (χ3v) is 4.82. The van der Waals surface area contributed by atoms with Crippen LogP contribution in [0.2, 0.25) is 5.02 Å². The van der Waals surface area contributed by atoms with Gasteiger partial charge in [0.05, 0.1) is 0 Å². The molecule has 9 heteroatoms. The van der Waals surface area contributed by atoms with Gasteiger partial charge in [-0.2, -0.15) is 9.61 Å². The molecule has 1 aromatic carbocycles. The molecule has 0 aliphatic carbocycles. The Morgan fingerprint density at radius 2 is 2.00 bits per heavy atom. The number of pyridine rings is 1. The minimum absolute atomic E-state index is 0.267. The monoisotopic (exact) mass is 421 g/mol. The van der Waals surface area contributed by atoms with Crippen molar-refractivity contribution >= 4 is 43.8 Å². The van der Waals surface area contributed by atoms with Crippen LogP contribution < -0.4 is 4.74 Å².